The van der Waals surface area contributed by atoms with Gasteiger partial charge in [0.25, 0.3) is 0 Å². The highest BCUT2D eigenvalue weighted by atomic mass is 32.2. The first-order valence-corrected chi connectivity index (χ1v) is 7.80. The standard InChI is InChI=1S/C11H24N2O3S/c1-11(2)16-9-4-10-17(14,15)13-7-5-12(3)6-8-13/h11H,4-10H2,1-3H3. The molecular weight excluding hydrogens is 240 g/mol. The Bertz CT molecular complexity index is 309. The van der Waals surface area contributed by atoms with Crippen molar-refractivity contribution in [1.82, 2.24) is 9.21 Å². The van der Waals surface area contributed by atoms with Crippen molar-refractivity contribution in [3.05, 3.63) is 0 Å². The first-order chi connectivity index (χ1) is 7.92. The number of hydrogen-bond acceptors (Lipinski definition) is 4. The van der Waals surface area contributed by atoms with E-state index in [9.17, 15) is 8.42 Å². The second-order valence-corrected chi connectivity index (χ2v) is 6.88. The molecule has 0 saturated carbocycles. The summed E-state index contributed by atoms with van der Waals surface area (Å²) in [4.78, 5) is 2.15. The third-order valence-electron chi connectivity index (χ3n) is 2.85. The largest absolute Gasteiger partial charge is 0.379 e. The Hall–Kier alpha value is -0.170. The first kappa shape index (κ1) is 14.9. The summed E-state index contributed by atoms with van der Waals surface area (Å²) >= 11 is 0. The van der Waals surface area contributed by atoms with Gasteiger partial charge in [-0.1, -0.05) is 0 Å². The fourth-order valence-electron chi connectivity index (χ4n) is 1.76. The zero-order chi connectivity index (χ0) is 12.9. The number of piperazine rings is 1. The molecule has 0 radical (unpaired) electrons. The number of ether oxygens (including phenoxy) is 1. The molecule has 0 N–H and O–H groups in total. The Morgan fingerprint density at radius 3 is 2.29 bits per heavy atom. The average Bonchev–Trinajstić information content (AvgIpc) is 2.25. The molecule has 0 unspecified atom stereocenters. The van der Waals surface area contributed by atoms with E-state index < -0.39 is 10.0 Å². The van der Waals surface area contributed by atoms with Gasteiger partial charge in [0.05, 0.1) is 11.9 Å². The predicted molar refractivity (Wildman–Crippen MR) is 68.6 cm³/mol. The van der Waals surface area contributed by atoms with Crippen LogP contribution in [0.15, 0.2) is 0 Å². The number of nitrogens with zero attached hydrogens (tertiary/aromatic N) is 2. The van der Waals surface area contributed by atoms with E-state index in [0.717, 1.165) is 13.1 Å². The zero-order valence-electron chi connectivity index (χ0n) is 11.1. The van der Waals surface area contributed by atoms with Crippen LogP contribution in [0.5, 0.6) is 0 Å². The van der Waals surface area contributed by atoms with Crippen molar-refractivity contribution < 1.29 is 13.2 Å². The van der Waals surface area contributed by atoms with Crippen molar-refractivity contribution in [1.29, 1.82) is 0 Å². The predicted octanol–water partition coefficient (Wildman–Crippen LogP) is 0.379. The van der Waals surface area contributed by atoms with Crippen molar-refractivity contribution in [3.63, 3.8) is 0 Å². The molecule has 0 bridgehead atoms. The van der Waals surface area contributed by atoms with Crippen molar-refractivity contribution in [3.8, 4) is 0 Å². The van der Waals surface area contributed by atoms with E-state index >= 15 is 0 Å². The molecule has 1 aliphatic rings. The van der Waals surface area contributed by atoms with E-state index in [4.69, 9.17) is 4.74 Å². The lowest BCUT2D eigenvalue weighted by Crippen LogP contribution is -2.47. The van der Waals surface area contributed by atoms with Gasteiger partial charge >= 0.3 is 0 Å². The number of rotatable bonds is 6. The number of likely N-dealkylation sites (N-methyl/N-ethyl adjacent to an activating group) is 1. The first-order valence-electron chi connectivity index (χ1n) is 6.20. The normalized spacial score (nSPS) is 20.0. The minimum atomic E-state index is -3.08. The fraction of sp³-hybridized carbons (Fsp3) is 1.00. The maximum Gasteiger partial charge on any atom is 0.214 e. The molecular formula is C11H24N2O3S. The van der Waals surface area contributed by atoms with Crippen LogP contribution in [0.25, 0.3) is 0 Å². The summed E-state index contributed by atoms with van der Waals surface area (Å²) in [6.45, 7) is 7.30. The lowest BCUT2D eigenvalue weighted by molar-refractivity contribution is 0.0795. The van der Waals surface area contributed by atoms with Crippen LogP contribution in [0, 0.1) is 0 Å². The van der Waals surface area contributed by atoms with Crippen LogP contribution >= 0.6 is 0 Å². The van der Waals surface area contributed by atoms with Crippen LogP contribution in [0.2, 0.25) is 0 Å². The molecule has 0 aromatic carbocycles. The van der Waals surface area contributed by atoms with Crippen LogP contribution in [-0.2, 0) is 14.8 Å². The van der Waals surface area contributed by atoms with Gasteiger partial charge in [-0.15, -0.1) is 0 Å². The lowest BCUT2D eigenvalue weighted by Gasteiger charge is -2.31. The highest BCUT2D eigenvalue weighted by molar-refractivity contribution is 7.89. The van der Waals surface area contributed by atoms with E-state index in [1.807, 2.05) is 20.9 Å². The zero-order valence-corrected chi connectivity index (χ0v) is 11.9. The van der Waals surface area contributed by atoms with Gasteiger partial charge in [-0.2, -0.15) is 4.31 Å². The summed E-state index contributed by atoms with van der Waals surface area (Å²) in [6, 6.07) is 0. The molecule has 1 heterocycles. The Morgan fingerprint density at radius 1 is 1.18 bits per heavy atom. The SMILES string of the molecule is CC(C)OCCCS(=O)(=O)N1CCN(C)CC1. The minimum absolute atomic E-state index is 0.168. The van der Waals surface area contributed by atoms with Crippen molar-refractivity contribution in [2.75, 3.05) is 45.6 Å². The highest BCUT2D eigenvalue weighted by Gasteiger charge is 2.24. The van der Waals surface area contributed by atoms with Crippen molar-refractivity contribution in [2.45, 2.75) is 26.4 Å². The van der Waals surface area contributed by atoms with Gasteiger partial charge in [-0.05, 0) is 27.3 Å². The van der Waals surface area contributed by atoms with Gasteiger partial charge < -0.3 is 9.64 Å². The van der Waals surface area contributed by atoms with Gasteiger partial charge in [0.15, 0.2) is 0 Å². The van der Waals surface area contributed by atoms with Crippen LogP contribution in [0.3, 0.4) is 0 Å². The van der Waals surface area contributed by atoms with Crippen LogP contribution in [0.1, 0.15) is 20.3 Å². The van der Waals surface area contributed by atoms with Gasteiger partial charge in [-0.25, -0.2) is 8.42 Å². The molecule has 0 aliphatic carbocycles. The third-order valence-corrected chi connectivity index (χ3v) is 4.81. The Kier molecular flexibility index (Phi) is 5.85. The monoisotopic (exact) mass is 264 g/mol. The Morgan fingerprint density at radius 2 is 1.76 bits per heavy atom. The van der Waals surface area contributed by atoms with Crippen molar-refractivity contribution >= 4 is 10.0 Å². The number of sulfonamides is 1. The van der Waals surface area contributed by atoms with E-state index in [-0.39, 0.29) is 11.9 Å². The molecule has 0 atom stereocenters. The van der Waals surface area contributed by atoms with Crippen LogP contribution in [0.4, 0.5) is 0 Å². The molecule has 0 spiro atoms. The second-order valence-electron chi connectivity index (χ2n) is 4.79. The molecule has 0 aromatic heterocycles. The molecule has 17 heavy (non-hydrogen) atoms. The molecule has 0 amide bonds. The van der Waals surface area contributed by atoms with Crippen LogP contribution < -0.4 is 0 Å². The lowest BCUT2D eigenvalue weighted by atomic mass is 10.4. The highest BCUT2D eigenvalue weighted by Crippen LogP contribution is 2.08. The summed E-state index contributed by atoms with van der Waals surface area (Å²) in [5.41, 5.74) is 0. The Balaban J connectivity index is 2.30. The molecule has 1 saturated heterocycles. The van der Waals surface area contributed by atoms with Gasteiger partial charge in [-0.3, -0.25) is 0 Å². The topological polar surface area (TPSA) is 49.9 Å². The molecule has 5 nitrogen and oxygen atoms in total. The summed E-state index contributed by atoms with van der Waals surface area (Å²) < 4.78 is 30.9. The van der Waals surface area contributed by atoms with E-state index in [1.165, 1.54) is 0 Å². The molecule has 0 aromatic rings. The smallest absolute Gasteiger partial charge is 0.214 e. The molecule has 102 valence electrons. The Labute approximate surface area is 105 Å². The maximum absolute atomic E-state index is 12.0. The molecule has 6 heteroatoms. The van der Waals surface area contributed by atoms with E-state index in [0.29, 0.717) is 26.1 Å². The summed E-state index contributed by atoms with van der Waals surface area (Å²) in [6.07, 6.45) is 0.744. The van der Waals surface area contributed by atoms with E-state index in [1.54, 1.807) is 4.31 Å². The van der Waals surface area contributed by atoms with Gasteiger partial charge in [0.1, 0.15) is 0 Å². The maximum atomic E-state index is 12.0. The quantitative estimate of drug-likeness (QED) is 0.651. The van der Waals surface area contributed by atoms with Crippen LogP contribution in [-0.4, -0.2) is 69.3 Å². The summed E-state index contributed by atoms with van der Waals surface area (Å²) in [5.74, 6) is 0.198. The molecule has 1 fully saturated rings. The van der Waals surface area contributed by atoms with Gasteiger partial charge in [0, 0.05) is 32.8 Å². The van der Waals surface area contributed by atoms with Gasteiger partial charge in [0.2, 0.25) is 10.0 Å². The average molecular weight is 264 g/mol. The molecule has 1 aliphatic heterocycles. The third kappa shape index (κ3) is 5.33. The fourth-order valence-corrected chi connectivity index (χ4v) is 3.22. The van der Waals surface area contributed by atoms with E-state index in [2.05, 4.69) is 4.90 Å². The summed E-state index contributed by atoms with van der Waals surface area (Å²) in [5, 5.41) is 0. The second kappa shape index (κ2) is 6.68. The molecule has 1 rings (SSSR count). The number of hydrogen-bond donors (Lipinski definition) is 0. The van der Waals surface area contributed by atoms with Crippen molar-refractivity contribution in [2.24, 2.45) is 0 Å². The summed E-state index contributed by atoms with van der Waals surface area (Å²) in [7, 11) is -1.06. The minimum Gasteiger partial charge on any atom is -0.379 e.